The number of rotatable bonds is 4. The molecule has 2 aromatic rings. The third kappa shape index (κ3) is 3.14. The first-order valence-electron chi connectivity index (χ1n) is 8.96. The smallest absolute Gasteiger partial charge is 0.266 e. The molecule has 2 fully saturated rings. The third-order valence-corrected chi connectivity index (χ3v) is 6.56. The van der Waals surface area contributed by atoms with Crippen LogP contribution in [0.2, 0.25) is 0 Å². The van der Waals surface area contributed by atoms with Crippen LogP contribution in [0.4, 0.5) is 0 Å². The molecule has 0 unspecified atom stereocenters. The summed E-state index contributed by atoms with van der Waals surface area (Å²) < 4.78 is 1.93. The van der Waals surface area contributed by atoms with E-state index >= 15 is 0 Å². The summed E-state index contributed by atoms with van der Waals surface area (Å²) in [6.07, 6.45) is 5.52. The van der Waals surface area contributed by atoms with Gasteiger partial charge in [-0.2, -0.15) is 0 Å². The molecule has 138 valence electrons. The largest absolute Gasteiger partial charge is 0.369 e. The Balaban J connectivity index is 1.35. The molecule has 2 saturated heterocycles. The molecule has 0 atom stereocenters. The van der Waals surface area contributed by atoms with E-state index in [4.69, 9.17) is 5.73 Å². The summed E-state index contributed by atoms with van der Waals surface area (Å²) in [5.41, 5.74) is 6.18. The predicted molar refractivity (Wildman–Crippen MR) is 99.4 cm³/mol. The lowest BCUT2D eigenvalue weighted by Gasteiger charge is -2.47. The first-order chi connectivity index (χ1) is 12.5. The SMILES string of the molecule is Cc1nc(-n2cccc2)sc1C(=O)N1CC(N2CCC(C(N)=O)CC2)C1. The van der Waals surface area contributed by atoms with Gasteiger partial charge < -0.3 is 15.2 Å². The van der Waals surface area contributed by atoms with Crippen molar-refractivity contribution in [1.29, 1.82) is 0 Å². The van der Waals surface area contributed by atoms with Crippen LogP contribution in [-0.4, -0.2) is 63.4 Å². The summed E-state index contributed by atoms with van der Waals surface area (Å²) in [6, 6.07) is 4.28. The highest BCUT2D eigenvalue weighted by Crippen LogP contribution is 2.28. The molecule has 0 aliphatic carbocycles. The van der Waals surface area contributed by atoms with Crippen molar-refractivity contribution in [3.8, 4) is 5.13 Å². The van der Waals surface area contributed by atoms with E-state index in [1.54, 1.807) is 0 Å². The van der Waals surface area contributed by atoms with Crippen molar-refractivity contribution < 1.29 is 9.59 Å². The molecule has 2 aliphatic heterocycles. The predicted octanol–water partition coefficient (Wildman–Crippen LogP) is 1.26. The van der Waals surface area contributed by atoms with Crippen LogP contribution in [0, 0.1) is 12.8 Å². The van der Waals surface area contributed by atoms with Crippen molar-refractivity contribution >= 4 is 23.2 Å². The number of piperidine rings is 1. The number of thiazole rings is 1. The van der Waals surface area contributed by atoms with E-state index in [0.717, 1.165) is 54.7 Å². The van der Waals surface area contributed by atoms with E-state index in [0.29, 0.717) is 6.04 Å². The highest BCUT2D eigenvalue weighted by molar-refractivity contribution is 7.16. The molecule has 0 saturated carbocycles. The van der Waals surface area contributed by atoms with Gasteiger partial charge in [0.2, 0.25) is 5.91 Å². The van der Waals surface area contributed by atoms with E-state index in [-0.39, 0.29) is 17.7 Å². The van der Waals surface area contributed by atoms with Gasteiger partial charge in [0.25, 0.3) is 5.91 Å². The maximum Gasteiger partial charge on any atom is 0.266 e. The lowest BCUT2D eigenvalue weighted by molar-refractivity contribution is -0.123. The second-order valence-corrected chi connectivity index (χ2v) is 8.06. The Morgan fingerprint density at radius 3 is 2.46 bits per heavy atom. The van der Waals surface area contributed by atoms with Gasteiger partial charge >= 0.3 is 0 Å². The van der Waals surface area contributed by atoms with E-state index in [2.05, 4.69) is 9.88 Å². The maximum atomic E-state index is 12.8. The molecule has 0 bridgehead atoms. The molecular weight excluding hydrogens is 350 g/mol. The summed E-state index contributed by atoms with van der Waals surface area (Å²) >= 11 is 1.44. The molecule has 2 aliphatic rings. The number of hydrogen-bond donors (Lipinski definition) is 1. The maximum absolute atomic E-state index is 12.8. The van der Waals surface area contributed by atoms with Gasteiger partial charge in [0.05, 0.1) is 5.69 Å². The van der Waals surface area contributed by atoms with Crippen molar-refractivity contribution in [1.82, 2.24) is 19.4 Å². The van der Waals surface area contributed by atoms with Crippen molar-refractivity contribution in [2.24, 2.45) is 11.7 Å². The number of carbonyl (C=O) groups excluding carboxylic acids is 2. The van der Waals surface area contributed by atoms with Crippen molar-refractivity contribution in [3.63, 3.8) is 0 Å². The number of carbonyl (C=O) groups is 2. The Hall–Kier alpha value is -2.19. The molecule has 2 N–H and O–H groups in total. The van der Waals surface area contributed by atoms with Gasteiger partial charge in [0.1, 0.15) is 4.88 Å². The molecule has 7 nitrogen and oxygen atoms in total. The van der Waals surface area contributed by atoms with Crippen LogP contribution in [0.15, 0.2) is 24.5 Å². The lowest BCUT2D eigenvalue weighted by atomic mass is 9.93. The molecule has 0 radical (unpaired) electrons. The summed E-state index contributed by atoms with van der Waals surface area (Å²) in [4.78, 5) is 33.6. The lowest BCUT2D eigenvalue weighted by Crippen LogP contribution is -2.62. The Labute approximate surface area is 156 Å². The molecule has 26 heavy (non-hydrogen) atoms. The Bertz CT molecular complexity index is 802. The van der Waals surface area contributed by atoms with Crippen LogP contribution < -0.4 is 5.73 Å². The second-order valence-electron chi connectivity index (χ2n) is 7.08. The van der Waals surface area contributed by atoms with E-state index in [1.165, 1.54) is 11.3 Å². The highest BCUT2D eigenvalue weighted by Gasteiger charge is 2.38. The number of nitrogens with two attached hydrogens (primary N) is 1. The molecule has 2 aromatic heterocycles. The van der Waals surface area contributed by atoms with Gasteiger partial charge in [-0.3, -0.25) is 14.5 Å². The summed E-state index contributed by atoms with van der Waals surface area (Å²) in [6.45, 7) is 5.16. The van der Waals surface area contributed by atoms with Crippen LogP contribution in [0.5, 0.6) is 0 Å². The van der Waals surface area contributed by atoms with Crippen LogP contribution in [-0.2, 0) is 4.79 Å². The summed E-state index contributed by atoms with van der Waals surface area (Å²) in [5.74, 6) is -0.105. The average Bonchev–Trinajstić information content (AvgIpc) is 3.23. The number of amides is 2. The molecular formula is C18H23N5O2S. The van der Waals surface area contributed by atoms with E-state index in [1.807, 2.05) is 40.9 Å². The van der Waals surface area contributed by atoms with Crippen LogP contribution in [0.25, 0.3) is 5.13 Å². The molecule has 2 amide bonds. The number of nitrogens with zero attached hydrogens (tertiary/aromatic N) is 4. The molecule has 0 aromatic carbocycles. The number of hydrogen-bond acceptors (Lipinski definition) is 5. The van der Waals surface area contributed by atoms with Crippen LogP contribution in [0.3, 0.4) is 0 Å². The molecule has 8 heteroatoms. The van der Waals surface area contributed by atoms with Crippen molar-refractivity contribution in [2.45, 2.75) is 25.8 Å². The van der Waals surface area contributed by atoms with Gasteiger partial charge in [-0.15, -0.1) is 0 Å². The Morgan fingerprint density at radius 2 is 1.85 bits per heavy atom. The number of likely N-dealkylation sites (tertiary alicyclic amines) is 2. The number of aryl methyl sites for hydroxylation is 1. The number of primary amides is 1. The molecule has 4 heterocycles. The first-order valence-corrected chi connectivity index (χ1v) is 9.78. The topological polar surface area (TPSA) is 84.5 Å². The Kier molecular flexibility index (Phi) is 4.54. The summed E-state index contributed by atoms with van der Waals surface area (Å²) in [7, 11) is 0. The molecule has 0 spiro atoms. The van der Waals surface area contributed by atoms with Gasteiger partial charge in [0.15, 0.2) is 5.13 Å². The fourth-order valence-corrected chi connectivity index (χ4v) is 4.70. The minimum absolute atomic E-state index is 0.0102. The second kappa shape index (κ2) is 6.85. The standard InChI is InChI=1S/C18H23N5O2S/c1-12-15(26-18(20-12)22-6-2-3-7-22)17(25)23-10-14(11-23)21-8-4-13(5-9-21)16(19)24/h2-3,6-7,13-14H,4-5,8-11H2,1H3,(H2,19,24). The fourth-order valence-electron chi connectivity index (χ4n) is 3.70. The molecule has 4 rings (SSSR count). The first kappa shape index (κ1) is 17.2. The highest BCUT2D eigenvalue weighted by atomic mass is 32.1. The van der Waals surface area contributed by atoms with Crippen molar-refractivity contribution in [2.75, 3.05) is 26.2 Å². The van der Waals surface area contributed by atoms with E-state index < -0.39 is 0 Å². The van der Waals surface area contributed by atoms with Crippen LogP contribution in [0.1, 0.15) is 28.2 Å². The fraction of sp³-hybridized carbons (Fsp3) is 0.500. The minimum atomic E-state index is -0.186. The minimum Gasteiger partial charge on any atom is -0.369 e. The normalized spacial score (nSPS) is 19.5. The average molecular weight is 373 g/mol. The van der Waals surface area contributed by atoms with Gasteiger partial charge in [-0.1, -0.05) is 11.3 Å². The zero-order chi connectivity index (χ0) is 18.3. The quantitative estimate of drug-likeness (QED) is 0.875. The zero-order valence-corrected chi connectivity index (χ0v) is 15.6. The third-order valence-electron chi connectivity index (χ3n) is 5.40. The summed E-state index contributed by atoms with van der Waals surface area (Å²) in [5, 5.41) is 0.821. The van der Waals surface area contributed by atoms with Gasteiger partial charge in [-0.05, 0) is 45.0 Å². The monoisotopic (exact) mass is 373 g/mol. The van der Waals surface area contributed by atoms with Gasteiger partial charge in [0, 0.05) is 37.4 Å². The van der Waals surface area contributed by atoms with Gasteiger partial charge in [-0.25, -0.2) is 4.98 Å². The van der Waals surface area contributed by atoms with Crippen LogP contribution >= 0.6 is 11.3 Å². The number of aromatic nitrogens is 2. The van der Waals surface area contributed by atoms with E-state index in [9.17, 15) is 9.59 Å². The zero-order valence-electron chi connectivity index (χ0n) is 14.8. The Morgan fingerprint density at radius 1 is 1.19 bits per heavy atom. The van der Waals surface area contributed by atoms with Crippen molar-refractivity contribution in [3.05, 3.63) is 35.1 Å².